The Labute approximate surface area is 80.4 Å². The molecule has 0 aliphatic rings. The van der Waals surface area contributed by atoms with Gasteiger partial charge in [0, 0.05) is 7.11 Å². The van der Waals surface area contributed by atoms with E-state index < -0.39 is 6.10 Å². The van der Waals surface area contributed by atoms with Gasteiger partial charge in [0.1, 0.15) is 11.3 Å². The molecule has 0 aliphatic carbocycles. The molecule has 1 aromatic heterocycles. The molecular formula is C7H10ClN3O2. The fourth-order valence-corrected chi connectivity index (χ4v) is 1.02. The lowest BCUT2D eigenvalue weighted by Gasteiger charge is -2.06. The minimum Gasteiger partial charge on any atom is -0.373 e. The van der Waals surface area contributed by atoms with E-state index in [0.29, 0.717) is 0 Å². The first-order valence-electron chi connectivity index (χ1n) is 3.63. The summed E-state index contributed by atoms with van der Waals surface area (Å²) in [5.74, 6) is 5.23. The van der Waals surface area contributed by atoms with Crippen LogP contribution in [0.4, 0.5) is 0 Å². The number of nitrogens with zero attached hydrogens (tertiary/aromatic N) is 2. The largest absolute Gasteiger partial charge is 0.373 e. The number of ether oxygens (including phenoxy) is 1. The third kappa shape index (κ3) is 1.99. The van der Waals surface area contributed by atoms with Crippen molar-refractivity contribution in [1.29, 1.82) is 0 Å². The van der Waals surface area contributed by atoms with Crippen molar-refractivity contribution in [3.05, 3.63) is 17.2 Å². The number of aromatic nitrogens is 2. The molecule has 0 unspecified atom stereocenters. The molecule has 0 bridgehead atoms. The van der Waals surface area contributed by atoms with Crippen molar-refractivity contribution < 1.29 is 9.53 Å². The highest BCUT2D eigenvalue weighted by Crippen LogP contribution is 2.08. The van der Waals surface area contributed by atoms with Crippen molar-refractivity contribution >= 4 is 17.4 Å². The SMILES string of the molecule is CO[C@@H](C)C(=O)c1nc(Cl)cn1N. The van der Waals surface area contributed by atoms with E-state index >= 15 is 0 Å². The Hall–Kier alpha value is -1.07. The van der Waals surface area contributed by atoms with Gasteiger partial charge in [0.15, 0.2) is 5.82 Å². The van der Waals surface area contributed by atoms with E-state index in [-0.39, 0.29) is 16.8 Å². The first-order chi connectivity index (χ1) is 6.06. The third-order valence-corrected chi connectivity index (χ3v) is 1.83. The van der Waals surface area contributed by atoms with Gasteiger partial charge < -0.3 is 10.6 Å². The molecule has 0 fully saturated rings. The molecular weight excluding hydrogens is 194 g/mol. The number of carbonyl (C=O) groups is 1. The predicted octanol–water partition coefficient (Wildman–Crippen LogP) is 0.468. The van der Waals surface area contributed by atoms with Crippen LogP contribution >= 0.6 is 11.6 Å². The molecule has 0 spiro atoms. The van der Waals surface area contributed by atoms with Gasteiger partial charge in [-0.25, -0.2) is 9.66 Å². The number of Topliss-reactive ketones (excluding diaryl/α,β-unsaturated/α-hetero) is 1. The van der Waals surface area contributed by atoms with E-state index in [0.717, 1.165) is 4.68 Å². The number of hydrogen-bond donors (Lipinski definition) is 1. The van der Waals surface area contributed by atoms with Crippen LogP contribution in [0.1, 0.15) is 17.5 Å². The Bertz CT molecular complexity index is 324. The number of methoxy groups -OCH3 is 1. The van der Waals surface area contributed by atoms with Crippen LogP contribution in [0.25, 0.3) is 0 Å². The van der Waals surface area contributed by atoms with Crippen LogP contribution in [-0.2, 0) is 4.74 Å². The van der Waals surface area contributed by atoms with Crippen molar-refractivity contribution in [1.82, 2.24) is 9.66 Å². The quantitative estimate of drug-likeness (QED) is 0.573. The smallest absolute Gasteiger partial charge is 0.228 e. The second-order valence-electron chi connectivity index (χ2n) is 2.54. The molecule has 2 N–H and O–H groups in total. The van der Waals surface area contributed by atoms with E-state index in [1.54, 1.807) is 6.92 Å². The number of halogens is 1. The molecule has 1 atom stereocenters. The Balaban J connectivity index is 2.94. The van der Waals surface area contributed by atoms with Gasteiger partial charge in [-0.05, 0) is 6.92 Å². The molecule has 0 aromatic carbocycles. The molecule has 0 saturated carbocycles. The molecule has 0 amide bonds. The predicted molar refractivity (Wildman–Crippen MR) is 48.2 cm³/mol. The average molecular weight is 204 g/mol. The fourth-order valence-electron chi connectivity index (χ4n) is 0.835. The van der Waals surface area contributed by atoms with E-state index in [9.17, 15) is 4.79 Å². The molecule has 13 heavy (non-hydrogen) atoms. The number of hydrogen-bond acceptors (Lipinski definition) is 4. The van der Waals surface area contributed by atoms with E-state index in [2.05, 4.69) is 4.98 Å². The van der Waals surface area contributed by atoms with Gasteiger partial charge >= 0.3 is 0 Å². The molecule has 72 valence electrons. The highest BCUT2D eigenvalue weighted by atomic mass is 35.5. The first-order valence-corrected chi connectivity index (χ1v) is 4.01. The number of nitrogen functional groups attached to an aromatic ring is 1. The van der Waals surface area contributed by atoms with Crippen molar-refractivity contribution in [2.24, 2.45) is 0 Å². The Morgan fingerprint density at radius 2 is 2.46 bits per heavy atom. The van der Waals surface area contributed by atoms with Crippen LogP contribution in [0.5, 0.6) is 0 Å². The summed E-state index contributed by atoms with van der Waals surface area (Å²) >= 11 is 5.55. The number of nitrogens with two attached hydrogens (primary N) is 1. The molecule has 0 aliphatic heterocycles. The summed E-state index contributed by atoms with van der Waals surface area (Å²) in [5, 5.41) is 0.189. The Morgan fingerprint density at radius 1 is 1.85 bits per heavy atom. The van der Waals surface area contributed by atoms with Crippen molar-refractivity contribution in [3.8, 4) is 0 Å². The van der Waals surface area contributed by atoms with Crippen molar-refractivity contribution in [3.63, 3.8) is 0 Å². The lowest BCUT2D eigenvalue weighted by atomic mass is 10.2. The van der Waals surface area contributed by atoms with Crippen molar-refractivity contribution in [2.45, 2.75) is 13.0 Å². The topological polar surface area (TPSA) is 70.1 Å². The highest BCUT2D eigenvalue weighted by molar-refractivity contribution is 6.29. The highest BCUT2D eigenvalue weighted by Gasteiger charge is 2.20. The standard InChI is InChI=1S/C7H10ClN3O2/c1-4(13-2)6(12)7-10-5(8)3-11(7)9/h3-4H,9H2,1-2H3/t4-/m0/s1. The zero-order valence-electron chi connectivity index (χ0n) is 7.32. The maximum Gasteiger partial charge on any atom is 0.228 e. The molecule has 6 heteroatoms. The molecule has 0 saturated heterocycles. The van der Waals surface area contributed by atoms with Gasteiger partial charge in [-0.15, -0.1) is 0 Å². The van der Waals surface area contributed by atoms with Crippen LogP contribution in [0.15, 0.2) is 6.20 Å². The lowest BCUT2D eigenvalue weighted by molar-refractivity contribution is 0.0642. The van der Waals surface area contributed by atoms with Gasteiger partial charge in [0.25, 0.3) is 0 Å². The Morgan fingerprint density at radius 3 is 2.85 bits per heavy atom. The van der Waals surface area contributed by atoms with Gasteiger partial charge in [-0.2, -0.15) is 0 Å². The Kier molecular flexibility index (Phi) is 2.90. The molecule has 1 rings (SSSR count). The summed E-state index contributed by atoms with van der Waals surface area (Å²) in [6.45, 7) is 1.62. The minimum atomic E-state index is -0.569. The lowest BCUT2D eigenvalue weighted by Crippen LogP contribution is -2.25. The van der Waals surface area contributed by atoms with Crippen LogP contribution in [-0.4, -0.2) is 28.7 Å². The minimum absolute atomic E-state index is 0.0966. The monoisotopic (exact) mass is 203 g/mol. The summed E-state index contributed by atoms with van der Waals surface area (Å²) in [6, 6.07) is 0. The average Bonchev–Trinajstić information content (AvgIpc) is 2.42. The molecule has 0 radical (unpaired) electrons. The summed E-state index contributed by atoms with van der Waals surface area (Å²) in [4.78, 5) is 15.2. The molecule has 1 aromatic rings. The van der Waals surface area contributed by atoms with Crippen LogP contribution in [0.3, 0.4) is 0 Å². The number of rotatable bonds is 3. The summed E-state index contributed by atoms with van der Waals surface area (Å²) < 4.78 is 5.91. The zero-order chi connectivity index (χ0) is 10.0. The summed E-state index contributed by atoms with van der Waals surface area (Å²) in [7, 11) is 1.44. The van der Waals surface area contributed by atoms with Gasteiger partial charge in [-0.1, -0.05) is 11.6 Å². The van der Waals surface area contributed by atoms with E-state index in [1.807, 2.05) is 0 Å². The second kappa shape index (κ2) is 3.76. The maximum absolute atomic E-state index is 11.5. The maximum atomic E-state index is 11.5. The summed E-state index contributed by atoms with van der Waals surface area (Å²) in [6.07, 6.45) is 0.790. The van der Waals surface area contributed by atoms with E-state index in [4.69, 9.17) is 22.2 Å². The van der Waals surface area contributed by atoms with Crippen LogP contribution in [0.2, 0.25) is 5.15 Å². The molecule has 5 nitrogen and oxygen atoms in total. The van der Waals surface area contributed by atoms with Gasteiger partial charge in [0.05, 0.1) is 6.20 Å². The van der Waals surface area contributed by atoms with Crippen molar-refractivity contribution in [2.75, 3.05) is 13.0 Å². The molecule has 1 heterocycles. The van der Waals surface area contributed by atoms with Crippen LogP contribution < -0.4 is 5.84 Å². The summed E-state index contributed by atoms with van der Waals surface area (Å²) in [5.41, 5.74) is 0. The number of ketones is 1. The van der Waals surface area contributed by atoms with Gasteiger partial charge in [0.2, 0.25) is 5.78 Å². The number of imidazole rings is 1. The normalized spacial score (nSPS) is 12.8. The second-order valence-corrected chi connectivity index (χ2v) is 2.92. The first kappa shape index (κ1) is 10.0. The fraction of sp³-hybridized carbons (Fsp3) is 0.429. The zero-order valence-corrected chi connectivity index (χ0v) is 8.08. The third-order valence-electron chi connectivity index (χ3n) is 1.65. The van der Waals surface area contributed by atoms with Crippen LogP contribution in [0, 0.1) is 0 Å². The van der Waals surface area contributed by atoms with Gasteiger partial charge in [-0.3, -0.25) is 4.79 Å². The number of carbonyl (C=O) groups excluding carboxylic acids is 1. The van der Waals surface area contributed by atoms with E-state index in [1.165, 1.54) is 13.3 Å².